The summed E-state index contributed by atoms with van der Waals surface area (Å²) in [6, 6.07) is 12.2. The molecule has 10 heteroatoms. The summed E-state index contributed by atoms with van der Waals surface area (Å²) in [6.07, 6.45) is 1.37. The number of nitrogens with zero attached hydrogens (tertiary/aromatic N) is 5. The Labute approximate surface area is 195 Å². The van der Waals surface area contributed by atoms with Gasteiger partial charge in [-0.15, -0.1) is 0 Å². The fourth-order valence-corrected chi connectivity index (χ4v) is 4.20. The molecule has 0 amide bonds. The highest BCUT2D eigenvalue weighted by Gasteiger charge is 2.17. The minimum absolute atomic E-state index is 0.0915. The minimum atomic E-state index is -0.698. The number of hydrogen-bond acceptors (Lipinski definition) is 8. The van der Waals surface area contributed by atoms with Gasteiger partial charge in [0, 0.05) is 43.8 Å². The molecule has 0 radical (unpaired) electrons. The van der Waals surface area contributed by atoms with Crippen molar-refractivity contribution in [3.8, 4) is 11.4 Å². The molecule has 1 aliphatic heterocycles. The zero-order valence-electron chi connectivity index (χ0n) is 18.9. The number of para-hydroxylation sites is 2. The second-order valence-corrected chi connectivity index (χ2v) is 8.43. The smallest absolute Gasteiger partial charge is 0.334 e. The third-order valence-corrected chi connectivity index (χ3v) is 6.07. The van der Waals surface area contributed by atoms with Crippen LogP contribution in [0.3, 0.4) is 0 Å². The van der Waals surface area contributed by atoms with E-state index in [2.05, 4.69) is 50.1 Å². The molecule has 1 saturated heterocycles. The number of fused-ring (bicyclic) bond motifs is 1. The lowest BCUT2D eigenvalue weighted by Crippen LogP contribution is -2.44. The van der Waals surface area contributed by atoms with Gasteiger partial charge in [0.1, 0.15) is 11.1 Å². The van der Waals surface area contributed by atoms with Crippen LogP contribution in [0.4, 0.5) is 17.3 Å². The van der Waals surface area contributed by atoms with Crippen LogP contribution in [0.1, 0.15) is 5.56 Å². The number of benzene rings is 2. The molecule has 1 aliphatic rings. The quantitative estimate of drug-likeness (QED) is 0.424. The topological polar surface area (TPSA) is 119 Å². The maximum absolute atomic E-state index is 12.9. The van der Waals surface area contributed by atoms with Gasteiger partial charge in [0.25, 0.3) is 5.56 Å². The lowest BCUT2D eigenvalue weighted by Gasteiger charge is -2.35. The second-order valence-electron chi connectivity index (χ2n) is 8.43. The number of aryl methyl sites for hydroxylation is 1. The fourth-order valence-electron chi connectivity index (χ4n) is 4.20. The van der Waals surface area contributed by atoms with Crippen molar-refractivity contribution >= 4 is 28.4 Å². The van der Waals surface area contributed by atoms with Gasteiger partial charge in [-0.25, -0.2) is 14.3 Å². The number of hydrogen-bond donors (Lipinski definition) is 3. The Bertz CT molecular complexity index is 1490. The lowest BCUT2D eigenvalue weighted by atomic mass is 10.1. The van der Waals surface area contributed by atoms with Gasteiger partial charge < -0.3 is 20.2 Å². The van der Waals surface area contributed by atoms with Gasteiger partial charge in [-0.1, -0.05) is 12.1 Å². The highest BCUT2D eigenvalue weighted by atomic mass is 16.3. The molecule has 2 aromatic carbocycles. The van der Waals surface area contributed by atoms with Crippen LogP contribution in [-0.4, -0.2) is 62.8 Å². The number of aromatic nitrogens is 4. The van der Waals surface area contributed by atoms with Crippen LogP contribution >= 0.6 is 0 Å². The normalized spacial score (nSPS) is 14.5. The first-order valence-electron chi connectivity index (χ1n) is 11.0. The first kappa shape index (κ1) is 21.7. The molecule has 3 N–H and O–H groups in total. The number of phenolic OH excluding ortho intramolecular Hbond substituents is 1. The monoisotopic (exact) mass is 459 g/mol. The van der Waals surface area contributed by atoms with Crippen molar-refractivity contribution in [2.24, 2.45) is 0 Å². The van der Waals surface area contributed by atoms with Crippen molar-refractivity contribution in [1.82, 2.24) is 24.4 Å². The molecule has 0 unspecified atom stereocenters. The molecular formula is C24H25N7O3. The van der Waals surface area contributed by atoms with Crippen molar-refractivity contribution in [3.63, 3.8) is 0 Å². The van der Waals surface area contributed by atoms with Crippen LogP contribution in [0.5, 0.6) is 5.75 Å². The number of likely N-dealkylation sites (N-methyl/N-ethyl adjacent to an activating group) is 1. The van der Waals surface area contributed by atoms with E-state index in [1.807, 2.05) is 12.1 Å². The van der Waals surface area contributed by atoms with Crippen LogP contribution in [0.15, 0.2) is 58.3 Å². The Hall–Kier alpha value is -4.18. The molecule has 5 rings (SSSR count). The van der Waals surface area contributed by atoms with Gasteiger partial charge in [0.15, 0.2) is 5.65 Å². The summed E-state index contributed by atoms with van der Waals surface area (Å²) in [5.41, 5.74) is 2.04. The first-order valence-corrected chi connectivity index (χ1v) is 11.0. The van der Waals surface area contributed by atoms with E-state index in [1.165, 1.54) is 24.0 Å². The van der Waals surface area contributed by atoms with Gasteiger partial charge >= 0.3 is 5.69 Å². The molecule has 1 fully saturated rings. The molecular weight excluding hydrogens is 434 g/mol. The largest absolute Gasteiger partial charge is 0.506 e. The Morgan fingerprint density at radius 3 is 2.53 bits per heavy atom. The molecule has 0 spiro atoms. The molecule has 10 nitrogen and oxygen atoms in total. The standard InChI is InChI=1S/C24H25N7O3/c1-15-13-16(7-8-18(15)30-11-9-29(2)10-12-30)26-23-25-14-17-21(27-23)28-24(34)31(22(17)33)19-5-3-4-6-20(19)32/h3-8,13-14,32H,9-12H2,1-2H3,(H2,25,26,27,28,34). The Morgan fingerprint density at radius 2 is 1.79 bits per heavy atom. The number of nitrogens with one attached hydrogen (secondary N) is 2. The zero-order valence-corrected chi connectivity index (χ0v) is 18.9. The molecule has 0 saturated carbocycles. The fraction of sp³-hybridized carbons (Fsp3) is 0.250. The number of aromatic amines is 1. The first-order chi connectivity index (χ1) is 16.4. The highest BCUT2D eigenvalue weighted by Crippen LogP contribution is 2.26. The number of phenols is 1. The van der Waals surface area contributed by atoms with Gasteiger partial charge in [-0.05, 0) is 49.9 Å². The van der Waals surface area contributed by atoms with E-state index in [0.717, 1.165) is 42.0 Å². The summed E-state index contributed by atoms with van der Waals surface area (Å²) in [7, 11) is 2.13. The summed E-state index contributed by atoms with van der Waals surface area (Å²) < 4.78 is 0.870. The van der Waals surface area contributed by atoms with Crippen LogP contribution < -0.4 is 21.5 Å². The molecule has 34 heavy (non-hydrogen) atoms. The number of aromatic hydroxyl groups is 1. The van der Waals surface area contributed by atoms with E-state index in [1.54, 1.807) is 12.1 Å². The molecule has 174 valence electrons. The zero-order chi connectivity index (χ0) is 23.8. The van der Waals surface area contributed by atoms with Crippen molar-refractivity contribution in [3.05, 3.63) is 75.1 Å². The van der Waals surface area contributed by atoms with Crippen LogP contribution in [0.2, 0.25) is 0 Å². The Morgan fingerprint density at radius 1 is 1.03 bits per heavy atom. The van der Waals surface area contributed by atoms with Gasteiger partial charge in [0.2, 0.25) is 5.95 Å². The lowest BCUT2D eigenvalue weighted by molar-refractivity contribution is 0.312. The number of H-pyrrole nitrogens is 1. The molecule has 3 heterocycles. The maximum Gasteiger partial charge on any atom is 0.334 e. The number of rotatable bonds is 4. The maximum atomic E-state index is 12.9. The second kappa shape index (κ2) is 8.64. The van der Waals surface area contributed by atoms with Gasteiger partial charge in [0.05, 0.1) is 5.69 Å². The van der Waals surface area contributed by atoms with Crippen molar-refractivity contribution in [1.29, 1.82) is 0 Å². The predicted molar refractivity (Wildman–Crippen MR) is 132 cm³/mol. The van der Waals surface area contributed by atoms with Crippen LogP contribution in [0, 0.1) is 6.92 Å². The third-order valence-electron chi connectivity index (χ3n) is 6.07. The number of piperazine rings is 1. The highest BCUT2D eigenvalue weighted by molar-refractivity contribution is 5.75. The van der Waals surface area contributed by atoms with E-state index in [-0.39, 0.29) is 28.4 Å². The minimum Gasteiger partial charge on any atom is -0.506 e. The summed E-state index contributed by atoms with van der Waals surface area (Å²) in [5.74, 6) is 0.0821. The van der Waals surface area contributed by atoms with E-state index >= 15 is 0 Å². The van der Waals surface area contributed by atoms with Crippen LogP contribution in [0.25, 0.3) is 16.7 Å². The van der Waals surface area contributed by atoms with Crippen LogP contribution in [-0.2, 0) is 0 Å². The van der Waals surface area contributed by atoms with Crippen molar-refractivity contribution in [2.45, 2.75) is 6.92 Å². The summed E-state index contributed by atoms with van der Waals surface area (Å²) >= 11 is 0. The number of anilines is 3. The van der Waals surface area contributed by atoms with E-state index < -0.39 is 11.2 Å². The van der Waals surface area contributed by atoms with Crippen molar-refractivity contribution in [2.75, 3.05) is 43.4 Å². The Kier molecular flexibility index (Phi) is 5.50. The summed E-state index contributed by atoms with van der Waals surface area (Å²) in [5, 5.41) is 13.4. The summed E-state index contributed by atoms with van der Waals surface area (Å²) in [6.45, 7) is 6.12. The van der Waals surface area contributed by atoms with E-state index in [4.69, 9.17) is 0 Å². The summed E-state index contributed by atoms with van der Waals surface area (Å²) in [4.78, 5) is 41.5. The SMILES string of the molecule is Cc1cc(Nc2ncc3c(=O)n(-c4ccccc4O)c(=O)[nH]c3n2)ccc1N1CCN(C)CC1. The molecule has 2 aromatic heterocycles. The average molecular weight is 460 g/mol. The molecule has 0 bridgehead atoms. The molecule has 4 aromatic rings. The Balaban J connectivity index is 1.44. The predicted octanol–water partition coefficient (Wildman–Crippen LogP) is 1.98. The van der Waals surface area contributed by atoms with Gasteiger partial charge in [-0.2, -0.15) is 4.98 Å². The van der Waals surface area contributed by atoms with E-state index in [0.29, 0.717) is 0 Å². The van der Waals surface area contributed by atoms with Crippen molar-refractivity contribution < 1.29 is 5.11 Å². The van der Waals surface area contributed by atoms with E-state index in [9.17, 15) is 14.7 Å². The van der Waals surface area contributed by atoms with Gasteiger partial charge in [-0.3, -0.25) is 9.78 Å². The molecule has 0 aliphatic carbocycles. The molecule has 0 atom stereocenters. The third kappa shape index (κ3) is 3.99. The average Bonchev–Trinajstić information content (AvgIpc) is 2.81.